The number of esters is 1. The number of aliphatic carboxylic acids is 1. The molecule has 0 fully saturated rings. The maximum absolute atomic E-state index is 13.2. The Morgan fingerprint density at radius 2 is 1.48 bits per heavy atom. The molecular weight excluding hydrogens is 456 g/mol. The van der Waals surface area contributed by atoms with E-state index in [0.717, 1.165) is 0 Å². The fourth-order valence-corrected chi connectivity index (χ4v) is 2.06. The number of carboxylic acid groups (broad SMARTS) is 1. The van der Waals surface area contributed by atoms with Gasteiger partial charge in [0, 0.05) is 6.42 Å². The zero-order chi connectivity index (χ0) is 23.5. The highest BCUT2D eigenvalue weighted by Crippen LogP contribution is 2.42. The van der Waals surface area contributed by atoms with Gasteiger partial charge in [0.25, 0.3) is 0 Å². The lowest BCUT2D eigenvalue weighted by atomic mass is 10.1. The normalized spacial score (nSPS) is 15.5. The van der Waals surface area contributed by atoms with E-state index in [1.165, 1.54) is 0 Å². The molecule has 1 unspecified atom stereocenters. The van der Waals surface area contributed by atoms with E-state index >= 15 is 0 Å². The van der Waals surface area contributed by atoms with Crippen molar-refractivity contribution in [3.63, 3.8) is 0 Å². The maximum atomic E-state index is 13.2. The van der Waals surface area contributed by atoms with Crippen LogP contribution in [0, 0.1) is 0 Å². The van der Waals surface area contributed by atoms with Crippen LogP contribution in [0.15, 0.2) is 12.4 Å². The summed E-state index contributed by atoms with van der Waals surface area (Å²) in [6, 6.07) is 0. The number of carbonyl (C=O) groups excluding carboxylic acids is 1. The molecule has 1 atom stereocenters. The summed E-state index contributed by atoms with van der Waals surface area (Å²) in [5.74, 6) is -17.7. The Morgan fingerprint density at radius 3 is 1.83 bits per heavy atom. The molecule has 0 aromatic carbocycles. The van der Waals surface area contributed by atoms with E-state index in [-0.39, 0.29) is 0 Å². The second kappa shape index (κ2) is 8.78. The van der Waals surface area contributed by atoms with E-state index in [4.69, 9.17) is 9.66 Å². The molecule has 8 nitrogen and oxygen atoms in total. The van der Waals surface area contributed by atoms with Gasteiger partial charge in [0.1, 0.15) is 0 Å². The summed E-state index contributed by atoms with van der Waals surface area (Å²) in [5.41, 5.74) is 0. The standard InChI is InChI=1S/C12H12F8O8S/c1-6(13)7(21)28-10(8(22)23,11(16,17)18)27-5-3-2-4-9(14,15)12(19,20)29(24,25)26/h1-5H2,(H,22,23)(H,24,25,26). The largest absolute Gasteiger partial charge is 0.476 e. The SMILES string of the molecule is C=C(F)C(=O)OC(OCCCCC(F)(F)C(F)(F)S(=O)(=O)O)(C(=O)O)C(F)(F)F. The van der Waals surface area contributed by atoms with E-state index in [2.05, 4.69) is 16.1 Å². The van der Waals surface area contributed by atoms with Crippen LogP contribution in [0.5, 0.6) is 0 Å². The molecule has 0 saturated carbocycles. The highest BCUT2D eigenvalue weighted by Gasteiger charge is 2.67. The number of rotatable bonds is 11. The Hall–Kier alpha value is -2.01. The molecule has 0 aliphatic heterocycles. The number of carboxylic acids is 1. The van der Waals surface area contributed by atoms with Crippen LogP contribution in [-0.2, 0) is 29.2 Å². The monoisotopic (exact) mass is 468 g/mol. The van der Waals surface area contributed by atoms with Crippen LogP contribution >= 0.6 is 0 Å². The van der Waals surface area contributed by atoms with Crippen LogP contribution in [0.2, 0.25) is 0 Å². The molecule has 0 amide bonds. The second-order valence-electron chi connectivity index (χ2n) is 5.22. The van der Waals surface area contributed by atoms with Gasteiger partial charge in [-0.3, -0.25) is 4.55 Å². The Bertz CT molecular complexity index is 747. The van der Waals surface area contributed by atoms with E-state index < -0.39 is 76.9 Å². The van der Waals surface area contributed by atoms with Crippen molar-refractivity contribution in [3.05, 3.63) is 12.4 Å². The van der Waals surface area contributed by atoms with Crippen LogP contribution in [0.1, 0.15) is 19.3 Å². The van der Waals surface area contributed by atoms with Crippen LogP contribution in [-0.4, -0.2) is 59.8 Å². The molecule has 0 aliphatic carbocycles. The quantitative estimate of drug-likeness (QED) is 0.118. The zero-order valence-electron chi connectivity index (χ0n) is 13.8. The summed E-state index contributed by atoms with van der Waals surface area (Å²) in [5, 5.41) is 2.78. The Labute approximate surface area is 156 Å². The highest BCUT2D eigenvalue weighted by atomic mass is 32.2. The maximum Gasteiger partial charge on any atom is 0.468 e. The van der Waals surface area contributed by atoms with Gasteiger partial charge >= 0.3 is 45.2 Å². The van der Waals surface area contributed by atoms with Gasteiger partial charge in [-0.1, -0.05) is 6.58 Å². The first-order chi connectivity index (χ1) is 12.7. The van der Waals surface area contributed by atoms with Gasteiger partial charge < -0.3 is 14.6 Å². The van der Waals surface area contributed by atoms with Crippen molar-refractivity contribution in [3.8, 4) is 0 Å². The summed E-state index contributed by atoms with van der Waals surface area (Å²) in [7, 11) is -6.52. The first-order valence-electron chi connectivity index (χ1n) is 6.97. The average Bonchev–Trinajstić information content (AvgIpc) is 2.50. The first kappa shape index (κ1) is 27.0. The van der Waals surface area contributed by atoms with Crippen LogP contribution in [0.25, 0.3) is 0 Å². The lowest BCUT2D eigenvalue weighted by Crippen LogP contribution is -2.57. The Morgan fingerprint density at radius 1 is 1.00 bits per heavy atom. The van der Waals surface area contributed by atoms with Crippen molar-refractivity contribution in [2.24, 2.45) is 0 Å². The summed E-state index contributed by atoms with van der Waals surface area (Å²) in [6.07, 6.45) is -10.1. The predicted molar refractivity (Wildman–Crippen MR) is 74.0 cm³/mol. The van der Waals surface area contributed by atoms with Gasteiger partial charge in [-0.25, -0.2) is 9.59 Å². The molecule has 0 rings (SSSR count). The third kappa shape index (κ3) is 5.99. The molecule has 0 aromatic heterocycles. The van der Waals surface area contributed by atoms with Gasteiger partial charge in [0.2, 0.25) is 5.83 Å². The summed E-state index contributed by atoms with van der Waals surface area (Å²) in [6.45, 7) is 0.840. The molecule has 0 saturated heterocycles. The summed E-state index contributed by atoms with van der Waals surface area (Å²) < 4.78 is 140. The van der Waals surface area contributed by atoms with Crippen molar-refractivity contribution in [2.75, 3.05) is 6.61 Å². The fourth-order valence-electron chi connectivity index (χ4n) is 1.58. The number of halogens is 8. The lowest BCUT2D eigenvalue weighted by Gasteiger charge is -2.30. The Kier molecular flexibility index (Phi) is 8.17. The number of hydrogen-bond acceptors (Lipinski definition) is 6. The molecule has 0 radical (unpaired) electrons. The van der Waals surface area contributed by atoms with Gasteiger partial charge in [-0.05, 0) is 12.8 Å². The molecule has 0 heterocycles. The van der Waals surface area contributed by atoms with Crippen molar-refractivity contribution >= 4 is 22.1 Å². The lowest BCUT2D eigenvalue weighted by molar-refractivity contribution is -0.353. The molecule has 0 spiro atoms. The average molecular weight is 468 g/mol. The number of hydrogen-bond donors (Lipinski definition) is 2. The molecule has 0 bridgehead atoms. The first-order valence-corrected chi connectivity index (χ1v) is 8.41. The molecule has 17 heteroatoms. The van der Waals surface area contributed by atoms with Crippen LogP contribution in [0.3, 0.4) is 0 Å². The molecule has 170 valence electrons. The third-order valence-electron chi connectivity index (χ3n) is 3.05. The number of unbranched alkanes of at least 4 members (excludes halogenated alkanes) is 1. The predicted octanol–water partition coefficient (Wildman–Crippen LogP) is 2.66. The number of carbonyl (C=O) groups is 2. The van der Waals surface area contributed by atoms with Gasteiger partial charge in [-0.15, -0.1) is 0 Å². The second-order valence-corrected chi connectivity index (χ2v) is 6.68. The molecule has 2 N–H and O–H groups in total. The number of alkyl halides is 7. The molecular formula is C12H12F8O8S. The Balaban J connectivity index is 5.22. The molecule has 0 aromatic rings. The third-order valence-corrected chi connectivity index (χ3v) is 4.00. The van der Waals surface area contributed by atoms with Gasteiger partial charge in [0.05, 0.1) is 6.61 Å². The summed E-state index contributed by atoms with van der Waals surface area (Å²) >= 11 is 0. The van der Waals surface area contributed by atoms with E-state index in [0.29, 0.717) is 0 Å². The van der Waals surface area contributed by atoms with Crippen molar-refractivity contribution in [2.45, 2.75) is 42.4 Å². The van der Waals surface area contributed by atoms with Crippen molar-refractivity contribution < 1.29 is 72.3 Å². The minimum atomic E-state index is -6.52. The van der Waals surface area contributed by atoms with Crippen LogP contribution < -0.4 is 0 Å². The minimum Gasteiger partial charge on any atom is -0.476 e. The van der Waals surface area contributed by atoms with Crippen LogP contribution in [0.4, 0.5) is 35.1 Å². The minimum absolute atomic E-state index is 1.00. The zero-order valence-corrected chi connectivity index (χ0v) is 14.6. The van der Waals surface area contributed by atoms with E-state index in [1.807, 2.05) is 0 Å². The molecule has 29 heavy (non-hydrogen) atoms. The van der Waals surface area contributed by atoms with E-state index in [9.17, 15) is 53.1 Å². The smallest absolute Gasteiger partial charge is 0.468 e. The van der Waals surface area contributed by atoms with Gasteiger partial charge in [-0.2, -0.15) is 43.5 Å². The highest BCUT2D eigenvalue weighted by molar-refractivity contribution is 7.87. The number of ether oxygens (including phenoxy) is 2. The molecule has 0 aliphatic rings. The van der Waals surface area contributed by atoms with Crippen molar-refractivity contribution in [1.82, 2.24) is 0 Å². The topological polar surface area (TPSA) is 127 Å². The van der Waals surface area contributed by atoms with E-state index in [1.54, 1.807) is 0 Å². The summed E-state index contributed by atoms with van der Waals surface area (Å²) in [4.78, 5) is 21.8. The van der Waals surface area contributed by atoms with Crippen molar-refractivity contribution in [1.29, 1.82) is 0 Å². The fraction of sp³-hybridized carbons (Fsp3) is 0.667. The van der Waals surface area contributed by atoms with Gasteiger partial charge in [0.15, 0.2) is 0 Å².